The summed E-state index contributed by atoms with van der Waals surface area (Å²) >= 11 is 0. The number of halogens is 3. The van der Waals surface area contributed by atoms with Gasteiger partial charge in [-0.1, -0.05) is 0 Å². The van der Waals surface area contributed by atoms with Crippen LogP contribution in [0, 0.1) is 0 Å². The van der Waals surface area contributed by atoms with Crippen LogP contribution in [-0.2, 0) is 4.79 Å². The first-order valence-electron chi connectivity index (χ1n) is 2.81. The Kier molecular flexibility index (Phi) is 2.50. The molecular formula is C5H9F3N2O. The third kappa shape index (κ3) is 2.75. The van der Waals surface area contributed by atoms with Gasteiger partial charge in [0.25, 0.3) is 0 Å². The summed E-state index contributed by atoms with van der Waals surface area (Å²) in [7, 11) is 0. The Bertz CT molecular complexity index is 164. The standard InChI is InChI=1S/C5H9F3N2O/c1-4(10,2-3(9)11)5(6,7)8/h2,10H2,1H3,(H2,9,11). The van der Waals surface area contributed by atoms with E-state index in [1.165, 1.54) is 0 Å². The molecule has 0 aliphatic heterocycles. The molecule has 3 nitrogen and oxygen atoms in total. The number of hydrogen-bond acceptors (Lipinski definition) is 2. The average Bonchev–Trinajstić information content (AvgIpc) is 1.56. The minimum Gasteiger partial charge on any atom is -0.370 e. The Labute approximate surface area is 61.5 Å². The predicted molar refractivity (Wildman–Crippen MR) is 32.5 cm³/mol. The van der Waals surface area contributed by atoms with Gasteiger partial charge in [0.2, 0.25) is 5.91 Å². The molecule has 0 bridgehead atoms. The smallest absolute Gasteiger partial charge is 0.370 e. The van der Waals surface area contributed by atoms with Gasteiger partial charge in [-0.3, -0.25) is 4.79 Å². The van der Waals surface area contributed by atoms with Crippen LogP contribution in [-0.4, -0.2) is 17.6 Å². The maximum Gasteiger partial charge on any atom is 0.406 e. The summed E-state index contributed by atoms with van der Waals surface area (Å²) in [4.78, 5) is 10.1. The Hall–Kier alpha value is -0.780. The molecule has 0 aliphatic rings. The minimum atomic E-state index is -4.60. The fourth-order valence-corrected chi connectivity index (χ4v) is 0.462. The molecule has 0 fully saturated rings. The lowest BCUT2D eigenvalue weighted by Crippen LogP contribution is -2.52. The Balaban J connectivity index is 4.34. The van der Waals surface area contributed by atoms with Crippen molar-refractivity contribution in [3.05, 3.63) is 0 Å². The van der Waals surface area contributed by atoms with Crippen LogP contribution in [0.5, 0.6) is 0 Å². The van der Waals surface area contributed by atoms with Gasteiger partial charge in [-0.05, 0) is 6.92 Å². The highest BCUT2D eigenvalue weighted by Crippen LogP contribution is 2.29. The number of primary amides is 1. The third-order valence-electron chi connectivity index (χ3n) is 1.19. The average molecular weight is 170 g/mol. The van der Waals surface area contributed by atoms with Crippen LogP contribution in [0.4, 0.5) is 13.2 Å². The summed E-state index contributed by atoms with van der Waals surface area (Å²) in [6, 6.07) is 0. The molecule has 0 rings (SSSR count). The summed E-state index contributed by atoms with van der Waals surface area (Å²) in [5.74, 6) is -1.06. The predicted octanol–water partition coefficient (Wildman–Crippen LogP) is 0.141. The lowest BCUT2D eigenvalue weighted by molar-refractivity contribution is -0.184. The molecule has 0 aromatic carbocycles. The van der Waals surface area contributed by atoms with Gasteiger partial charge in [0, 0.05) is 0 Å². The molecule has 0 aromatic rings. The van der Waals surface area contributed by atoms with E-state index in [-0.39, 0.29) is 0 Å². The van der Waals surface area contributed by atoms with Crippen LogP contribution in [0.15, 0.2) is 0 Å². The Morgan fingerprint density at radius 3 is 1.91 bits per heavy atom. The maximum absolute atomic E-state index is 11.9. The van der Waals surface area contributed by atoms with E-state index >= 15 is 0 Å². The fraction of sp³-hybridized carbons (Fsp3) is 0.800. The van der Waals surface area contributed by atoms with E-state index in [4.69, 9.17) is 5.73 Å². The first kappa shape index (κ1) is 10.2. The van der Waals surface area contributed by atoms with Crippen LogP contribution < -0.4 is 11.5 Å². The van der Waals surface area contributed by atoms with Crippen LogP contribution in [0.1, 0.15) is 13.3 Å². The summed E-state index contributed by atoms with van der Waals surface area (Å²) in [5, 5.41) is 0. The molecule has 1 atom stereocenters. The van der Waals surface area contributed by atoms with E-state index in [1.54, 1.807) is 0 Å². The highest BCUT2D eigenvalue weighted by molar-refractivity contribution is 5.75. The molecule has 0 radical (unpaired) electrons. The maximum atomic E-state index is 11.9. The first-order valence-corrected chi connectivity index (χ1v) is 2.81. The number of rotatable bonds is 2. The van der Waals surface area contributed by atoms with Crippen LogP contribution in [0.2, 0.25) is 0 Å². The highest BCUT2D eigenvalue weighted by Gasteiger charge is 2.48. The molecule has 66 valence electrons. The van der Waals surface area contributed by atoms with E-state index in [0.717, 1.165) is 6.92 Å². The third-order valence-corrected chi connectivity index (χ3v) is 1.19. The van der Waals surface area contributed by atoms with E-state index in [1.807, 2.05) is 0 Å². The van der Waals surface area contributed by atoms with Crippen molar-refractivity contribution in [3.63, 3.8) is 0 Å². The second kappa shape index (κ2) is 2.69. The van der Waals surface area contributed by atoms with Gasteiger partial charge in [-0.25, -0.2) is 0 Å². The lowest BCUT2D eigenvalue weighted by atomic mass is 9.98. The quantitative estimate of drug-likeness (QED) is 0.618. The molecule has 0 spiro atoms. The molecule has 0 aliphatic carbocycles. The molecule has 1 amide bonds. The molecule has 0 saturated heterocycles. The van der Waals surface area contributed by atoms with E-state index in [9.17, 15) is 18.0 Å². The monoisotopic (exact) mass is 170 g/mol. The second-order valence-electron chi connectivity index (χ2n) is 2.56. The van der Waals surface area contributed by atoms with Gasteiger partial charge in [-0.2, -0.15) is 13.2 Å². The van der Waals surface area contributed by atoms with Gasteiger partial charge in [0.05, 0.1) is 6.42 Å². The molecular weight excluding hydrogens is 161 g/mol. The first-order chi connectivity index (χ1) is 4.67. The second-order valence-corrected chi connectivity index (χ2v) is 2.56. The lowest BCUT2D eigenvalue weighted by Gasteiger charge is -2.25. The molecule has 0 heterocycles. The van der Waals surface area contributed by atoms with Gasteiger partial charge in [-0.15, -0.1) is 0 Å². The fourth-order valence-electron chi connectivity index (χ4n) is 0.462. The van der Waals surface area contributed by atoms with Crippen molar-refractivity contribution in [2.24, 2.45) is 11.5 Å². The van der Waals surface area contributed by atoms with Crippen molar-refractivity contribution in [2.45, 2.75) is 25.1 Å². The molecule has 0 saturated carbocycles. The van der Waals surface area contributed by atoms with Crippen molar-refractivity contribution in [3.8, 4) is 0 Å². The van der Waals surface area contributed by atoms with Gasteiger partial charge >= 0.3 is 6.18 Å². The van der Waals surface area contributed by atoms with Crippen molar-refractivity contribution < 1.29 is 18.0 Å². The molecule has 4 N–H and O–H groups in total. The minimum absolute atomic E-state index is 0.720. The van der Waals surface area contributed by atoms with Gasteiger partial charge in [0.1, 0.15) is 5.54 Å². The molecule has 6 heteroatoms. The van der Waals surface area contributed by atoms with Crippen molar-refractivity contribution >= 4 is 5.91 Å². The van der Waals surface area contributed by atoms with Crippen LogP contribution in [0.3, 0.4) is 0 Å². The van der Waals surface area contributed by atoms with Crippen LogP contribution in [0.25, 0.3) is 0 Å². The Morgan fingerprint density at radius 2 is 1.82 bits per heavy atom. The van der Waals surface area contributed by atoms with Crippen molar-refractivity contribution in [1.82, 2.24) is 0 Å². The topological polar surface area (TPSA) is 69.1 Å². The van der Waals surface area contributed by atoms with Crippen LogP contribution >= 0.6 is 0 Å². The normalized spacial score (nSPS) is 17.5. The summed E-state index contributed by atoms with van der Waals surface area (Å²) in [6.45, 7) is 0.720. The summed E-state index contributed by atoms with van der Waals surface area (Å²) < 4.78 is 35.6. The van der Waals surface area contributed by atoms with E-state index in [2.05, 4.69) is 5.73 Å². The number of amides is 1. The highest BCUT2D eigenvalue weighted by atomic mass is 19.4. The number of nitrogens with two attached hydrogens (primary N) is 2. The zero-order chi connectivity index (χ0) is 9.28. The molecule has 11 heavy (non-hydrogen) atoms. The van der Waals surface area contributed by atoms with Gasteiger partial charge in [0.15, 0.2) is 0 Å². The summed E-state index contributed by atoms with van der Waals surface area (Å²) in [5.41, 5.74) is 6.81. The van der Waals surface area contributed by atoms with E-state index < -0.39 is 24.0 Å². The SMILES string of the molecule is CC(N)(CC(N)=O)C(F)(F)F. The molecule has 1 unspecified atom stereocenters. The van der Waals surface area contributed by atoms with Gasteiger partial charge < -0.3 is 11.5 Å². The van der Waals surface area contributed by atoms with E-state index in [0.29, 0.717) is 0 Å². The number of hydrogen-bond donors (Lipinski definition) is 2. The van der Waals surface area contributed by atoms with Crippen molar-refractivity contribution in [2.75, 3.05) is 0 Å². The largest absolute Gasteiger partial charge is 0.406 e. The number of alkyl halides is 3. The number of carbonyl (C=O) groups is 1. The zero-order valence-electron chi connectivity index (χ0n) is 5.90. The molecule has 0 aromatic heterocycles. The summed E-state index contributed by atoms with van der Waals surface area (Å²) in [6.07, 6.45) is -5.49. The number of carbonyl (C=O) groups excluding carboxylic acids is 1. The zero-order valence-corrected chi connectivity index (χ0v) is 5.90. The Morgan fingerprint density at radius 1 is 1.45 bits per heavy atom. The van der Waals surface area contributed by atoms with Crippen molar-refractivity contribution in [1.29, 1.82) is 0 Å².